The van der Waals surface area contributed by atoms with Gasteiger partial charge < -0.3 is 9.84 Å². The van der Waals surface area contributed by atoms with Crippen LogP contribution in [0.3, 0.4) is 0 Å². The summed E-state index contributed by atoms with van der Waals surface area (Å²) >= 11 is 6.76. The first-order valence-electron chi connectivity index (χ1n) is 6.38. The van der Waals surface area contributed by atoms with Crippen molar-refractivity contribution in [3.8, 4) is 5.75 Å². The van der Waals surface area contributed by atoms with Crippen LogP contribution >= 0.6 is 22.9 Å². The van der Waals surface area contributed by atoms with Crippen molar-refractivity contribution in [2.45, 2.75) is 10.3 Å². The zero-order valence-electron chi connectivity index (χ0n) is 12.1. The number of hydrogen-bond acceptors (Lipinski definition) is 5. The smallest absolute Gasteiger partial charge is 0.252 e. The summed E-state index contributed by atoms with van der Waals surface area (Å²) in [5, 5.41) is 10.2. The maximum atomic E-state index is 12.4. The van der Waals surface area contributed by atoms with Crippen LogP contribution in [0.25, 0.3) is 0 Å². The normalized spacial score (nSPS) is 13.3. The molecule has 0 aliphatic heterocycles. The van der Waals surface area contributed by atoms with Crippen molar-refractivity contribution in [3.63, 3.8) is 0 Å². The number of halogens is 1. The van der Waals surface area contributed by atoms with E-state index in [4.69, 9.17) is 16.3 Å². The fourth-order valence-corrected chi connectivity index (χ4v) is 4.76. The molecule has 0 saturated heterocycles. The van der Waals surface area contributed by atoms with E-state index in [2.05, 4.69) is 0 Å². The molecule has 0 bridgehead atoms. The van der Waals surface area contributed by atoms with E-state index in [-0.39, 0.29) is 10.8 Å². The van der Waals surface area contributed by atoms with E-state index >= 15 is 0 Å². The molecule has 0 spiro atoms. The quantitative estimate of drug-likeness (QED) is 0.859. The number of ether oxygens (including phenoxy) is 1. The number of thiophene rings is 1. The maximum absolute atomic E-state index is 12.4. The Morgan fingerprint density at radius 1 is 1.36 bits per heavy atom. The van der Waals surface area contributed by atoms with Crippen LogP contribution in [0.15, 0.2) is 40.6 Å². The molecule has 22 heavy (non-hydrogen) atoms. The number of aliphatic hydroxyl groups excluding tert-OH is 1. The summed E-state index contributed by atoms with van der Waals surface area (Å²) in [6.07, 6.45) is -0.953. The van der Waals surface area contributed by atoms with E-state index in [0.29, 0.717) is 15.6 Å². The third-order valence-electron chi connectivity index (χ3n) is 3.12. The minimum absolute atomic E-state index is 0.0645. The Morgan fingerprint density at radius 3 is 2.68 bits per heavy atom. The van der Waals surface area contributed by atoms with Gasteiger partial charge in [-0.05, 0) is 29.8 Å². The highest BCUT2D eigenvalue weighted by Crippen LogP contribution is 2.28. The van der Waals surface area contributed by atoms with Gasteiger partial charge in [0, 0.05) is 13.6 Å². The van der Waals surface area contributed by atoms with Crippen LogP contribution < -0.4 is 4.74 Å². The van der Waals surface area contributed by atoms with E-state index in [1.54, 1.807) is 24.3 Å². The highest BCUT2D eigenvalue weighted by atomic mass is 35.5. The van der Waals surface area contributed by atoms with Crippen molar-refractivity contribution in [1.82, 2.24) is 4.31 Å². The van der Waals surface area contributed by atoms with Gasteiger partial charge in [-0.3, -0.25) is 0 Å². The largest absolute Gasteiger partial charge is 0.497 e. The molecule has 1 aromatic heterocycles. The Bertz CT molecular complexity index is 745. The molecule has 0 amide bonds. The first-order valence-corrected chi connectivity index (χ1v) is 9.01. The van der Waals surface area contributed by atoms with Crippen molar-refractivity contribution < 1.29 is 18.3 Å². The predicted octanol–water partition coefficient (Wildman–Crippen LogP) is 2.76. The summed E-state index contributed by atoms with van der Waals surface area (Å²) in [4.78, 5) is 0. The Morgan fingerprint density at radius 2 is 2.09 bits per heavy atom. The SMILES string of the molecule is COc1cccc(C(O)CN(C)S(=O)(=O)c2ccc(Cl)s2)c1. The van der Waals surface area contributed by atoms with Crippen LogP contribution in [-0.4, -0.2) is 38.5 Å². The Kier molecular flexibility index (Phi) is 5.46. The topological polar surface area (TPSA) is 66.8 Å². The van der Waals surface area contributed by atoms with Crippen LogP contribution in [0.4, 0.5) is 0 Å². The molecule has 1 N–H and O–H groups in total. The molecule has 5 nitrogen and oxygen atoms in total. The van der Waals surface area contributed by atoms with Gasteiger partial charge in [0.2, 0.25) is 0 Å². The summed E-state index contributed by atoms with van der Waals surface area (Å²) in [5.41, 5.74) is 0.589. The molecule has 0 saturated carbocycles. The number of nitrogens with zero attached hydrogens (tertiary/aromatic N) is 1. The maximum Gasteiger partial charge on any atom is 0.252 e. The molecule has 2 rings (SSSR count). The number of methoxy groups -OCH3 is 1. The van der Waals surface area contributed by atoms with Crippen LogP contribution in [0.2, 0.25) is 4.34 Å². The Hall–Kier alpha value is -1.12. The summed E-state index contributed by atoms with van der Waals surface area (Å²) in [7, 11) is -0.707. The highest BCUT2D eigenvalue weighted by Gasteiger charge is 2.25. The van der Waals surface area contributed by atoms with Crippen molar-refractivity contribution in [1.29, 1.82) is 0 Å². The van der Waals surface area contributed by atoms with Crippen molar-refractivity contribution >= 4 is 33.0 Å². The second kappa shape index (κ2) is 6.97. The average molecular weight is 362 g/mol. The van der Waals surface area contributed by atoms with Crippen molar-refractivity contribution in [3.05, 3.63) is 46.3 Å². The Labute approximate surface area is 138 Å². The molecule has 8 heteroatoms. The molecule has 1 heterocycles. The van der Waals surface area contributed by atoms with Crippen LogP contribution in [0, 0.1) is 0 Å². The second-order valence-corrected chi connectivity index (χ2v) is 8.62. The van der Waals surface area contributed by atoms with Gasteiger partial charge in [0.25, 0.3) is 10.0 Å². The molecular formula is C14H16ClNO4S2. The van der Waals surface area contributed by atoms with E-state index in [1.807, 2.05) is 0 Å². The van der Waals surface area contributed by atoms with Gasteiger partial charge >= 0.3 is 0 Å². The lowest BCUT2D eigenvalue weighted by molar-refractivity contribution is 0.154. The molecule has 120 valence electrons. The first kappa shape index (κ1) is 17.2. The fraction of sp³-hybridized carbons (Fsp3) is 0.286. The lowest BCUT2D eigenvalue weighted by atomic mass is 10.1. The zero-order valence-corrected chi connectivity index (χ0v) is 14.5. The number of sulfonamides is 1. The average Bonchev–Trinajstić information content (AvgIpc) is 2.94. The zero-order chi connectivity index (χ0) is 16.3. The van der Waals surface area contributed by atoms with Crippen molar-refractivity contribution in [2.24, 2.45) is 0 Å². The molecule has 2 aromatic rings. The molecule has 1 unspecified atom stereocenters. The Balaban J connectivity index is 2.15. The minimum Gasteiger partial charge on any atom is -0.497 e. The van der Waals surface area contributed by atoms with Gasteiger partial charge in [0.1, 0.15) is 9.96 Å². The van der Waals surface area contributed by atoms with Crippen LogP contribution in [0.5, 0.6) is 5.75 Å². The number of benzene rings is 1. The van der Waals surface area contributed by atoms with Crippen molar-refractivity contribution in [2.75, 3.05) is 20.7 Å². The molecule has 1 atom stereocenters. The molecule has 0 fully saturated rings. The standard InChI is InChI=1S/C14H16ClNO4S2/c1-16(22(18,19)14-7-6-13(15)21-14)9-12(17)10-4-3-5-11(8-10)20-2/h3-8,12,17H,9H2,1-2H3. The van der Waals surface area contributed by atoms with E-state index in [9.17, 15) is 13.5 Å². The third kappa shape index (κ3) is 3.80. The van der Waals surface area contributed by atoms with Crippen LogP contribution in [0.1, 0.15) is 11.7 Å². The number of rotatable bonds is 6. The second-order valence-electron chi connectivity index (χ2n) is 4.64. The molecule has 0 aliphatic carbocycles. The first-order chi connectivity index (χ1) is 10.3. The van der Waals surface area contributed by atoms with Gasteiger partial charge in [-0.1, -0.05) is 23.7 Å². The van der Waals surface area contributed by atoms with E-state index in [1.165, 1.54) is 26.3 Å². The molecule has 0 aliphatic rings. The monoisotopic (exact) mass is 361 g/mol. The molecule has 1 aromatic carbocycles. The molecule has 0 radical (unpaired) electrons. The lowest BCUT2D eigenvalue weighted by Crippen LogP contribution is -2.30. The summed E-state index contributed by atoms with van der Waals surface area (Å²) in [6, 6.07) is 9.88. The number of aliphatic hydroxyl groups is 1. The van der Waals surface area contributed by atoms with Gasteiger partial charge in [0.15, 0.2) is 0 Å². The third-order valence-corrected chi connectivity index (χ3v) is 6.64. The van der Waals surface area contributed by atoms with Crippen LogP contribution in [-0.2, 0) is 10.0 Å². The fourth-order valence-electron chi connectivity index (χ4n) is 1.89. The summed E-state index contributed by atoms with van der Waals surface area (Å²) in [5.74, 6) is 0.604. The van der Waals surface area contributed by atoms with Gasteiger partial charge in [-0.15, -0.1) is 11.3 Å². The molecular weight excluding hydrogens is 346 g/mol. The van der Waals surface area contributed by atoms with Gasteiger partial charge in [0.05, 0.1) is 17.6 Å². The minimum atomic E-state index is -3.66. The predicted molar refractivity (Wildman–Crippen MR) is 87.1 cm³/mol. The van der Waals surface area contributed by atoms with E-state index in [0.717, 1.165) is 15.6 Å². The lowest BCUT2D eigenvalue weighted by Gasteiger charge is -2.20. The summed E-state index contributed by atoms with van der Waals surface area (Å²) in [6.45, 7) is -0.0645. The van der Waals surface area contributed by atoms with Gasteiger partial charge in [-0.25, -0.2) is 8.42 Å². The number of likely N-dealkylation sites (N-methyl/N-ethyl adjacent to an activating group) is 1. The van der Waals surface area contributed by atoms with E-state index < -0.39 is 16.1 Å². The highest BCUT2D eigenvalue weighted by molar-refractivity contribution is 7.91. The van der Waals surface area contributed by atoms with Gasteiger partial charge in [-0.2, -0.15) is 4.31 Å². The number of hydrogen-bond donors (Lipinski definition) is 1. The summed E-state index contributed by atoms with van der Waals surface area (Å²) < 4.78 is 31.5.